The van der Waals surface area contributed by atoms with Crippen molar-refractivity contribution < 1.29 is 9.18 Å². The molecule has 0 aromatic heterocycles. The Morgan fingerprint density at radius 2 is 1.93 bits per heavy atom. The van der Waals surface area contributed by atoms with Crippen molar-refractivity contribution in [1.82, 2.24) is 5.32 Å². The summed E-state index contributed by atoms with van der Waals surface area (Å²) in [6, 6.07) is 15.9. The lowest BCUT2D eigenvalue weighted by atomic mass is 10.3. The minimum atomic E-state index is -0.247. The van der Waals surface area contributed by atoms with Crippen LogP contribution in [-0.4, -0.2) is 24.1 Å². The lowest BCUT2D eigenvalue weighted by Crippen LogP contribution is -2.30. The van der Waals surface area contributed by atoms with Crippen LogP contribution in [0.25, 0.3) is 0 Å². The predicted molar refractivity (Wildman–Crippen MR) is 111 cm³/mol. The van der Waals surface area contributed by atoms with Gasteiger partial charge in [-0.15, -0.1) is 23.5 Å². The van der Waals surface area contributed by atoms with E-state index in [1.54, 1.807) is 35.7 Å². The summed E-state index contributed by atoms with van der Waals surface area (Å²) in [7, 11) is 0. The number of urea groups is 1. The summed E-state index contributed by atoms with van der Waals surface area (Å²) in [5.41, 5.74) is 0.742. The highest BCUT2D eigenvalue weighted by Gasteiger charge is 2.08. The average molecular weight is 404 g/mol. The Morgan fingerprint density at radius 3 is 2.67 bits per heavy atom. The lowest BCUT2D eigenvalue weighted by molar-refractivity contribution is 0.252. The molecule has 2 aromatic carbocycles. The Morgan fingerprint density at radius 1 is 1.19 bits per heavy atom. The quantitative estimate of drug-likeness (QED) is 0.436. The third kappa shape index (κ3) is 7.94. The SMILES string of the molecule is CC(C#N)CSc1ccccc1NC(=O)NCCCSc1ccc(F)cc1. The van der Waals surface area contributed by atoms with Gasteiger partial charge in [0.05, 0.1) is 17.7 Å². The van der Waals surface area contributed by atoms with E-state index in [1.165, 1.54) is 12.1 Å². The highest BCUT2D eigenvalue weighted by atomic mass is 32.2. The van der Waals surface area contributed by atoms with Crippen molar-refractivity contribution in [2.45, 2.75) is 23.1 Å². The van der Waals surface area contributed by atoms with E-state index in [-0.39, 0.29) is 17.8 Å². The Labute approximate surface area is 167 Å². The van der Waals surface area contributed by atoms with E-state index in [9.17, 15) is 9.18 Å². The molecule has 0 aliphatic heterocycles. The highest BCUT2D eigenvalue weighted by Crippen LogP contribution is 2.28. The molecule has 2 amide bonds. The summed E-state index contributed by atoms with van der Waals surface area (Å²) in [5.74, 6) is 1.23. The molecule has 27 heavy (non-hydrogen) atoms. The first kappa shape index (κ1) is 21.1. The lowest BCUT2D eigenvalue weighted by Gasteiger charge is -2.12. The molecule has 2 rings (SSSR count). The summed E-state index contributed by atoms with van der Waals surface area (Å²) < 4.78 is 12.9. The number of hydrogen-bond donors (Lipinski definition) is 2. The minimum Gasteiger partial charge on any atom is -0.338 e. The van der Waals surface area contributed by atoms with Crippen molar-refractivity contribution in [3.63, 3.8) is 0 Å². The molecule has 2 aromatic rings. The van der Waals surface area contributed by atoms with E-state index in [2.05, 4.69) is 16.7 Å². The fourth-order valence-corrected chi connectivity index (χ4v) is 3.92. The fourth-order valence-electron chi connectivity index (χ4n) is 2.11. The van der Waals surface area contributed by atoms with E-state index >= 15 is 0 Å². The molecular formula is C20H22FN3OS2. The smallest absolute Gasteiger partial charge is 0.319 e. The first-order chi connectivity index (χ1) is 13.1. The molecule has 0 spiro atoms. The molecule has 4 nitrogen and oxygen atoms in total. The summed E-state index contributed by atoms with van der Waals surface area (Å²) in [6.07, 6.45) is 0.811. The number of nitrogens with zero attached hydrogens (tertiary/aromatic N) is 1. The molecule has 0 bridgehead atoms. The first-order valence-corrected chi connectivity index (χ1v) is 10.6. The molecule has 0 saturated carbocycles. The summed E-state index contributed by atoms with van der Waals surface area (Å²) in [6.45, 7) is 2.43. The van der Waals surface area contributed by atoms with Crippen LogP contribution in [0, 0.1) is 23.1 Å². The van der Waals surface area contributed by atoms with Gasteiger partial charge in [-0.1, -0.05) is 12.1 Å². The van der Waals surface area contributed by atoms with Gasteiger partial charge < -0.3 is 10.6 Å². The maximum Gasteiger partial charge on any atom is 0.319 e. The number of carbonyl (C=O) groups is 1. The zero-order valence-electron chi connectivity index (χ0n) is 15.1. The van der Waals surface area contributed by atoms with Gasteiger partial charge in [-0.05, 0) is 55.5 Å². The van der Waals surface area contributed by atoms with Gasteiger partial charge in [-0.2, -0.15) is 5.26 Å². The van der Waals surface area contributed by atoms with Gasteiger partial charge in [0.15, 0.2) is 0 Å². The average Bonchev–Trinajstić information content (AvgIpc) is 2.68. The molecule has 7 heteroatoms. The number of nitriles is 1. The summed E-state index contributed by atoms with van der Waals surface area (Å²) in [4.78, 5) is 14.1. The normalized spacial score (nSPS) is 11.4. The molecule has 1 unspecified atom stereocenters. The van der Waals surface area contributed by atoms with Crippen molar-refractivity contribution in [2.24, 2.45) is 5.92 Å². The van der Waals surface area contributed by atoms with E-state index < -0.39 is 0 Å². The number of benzene rings is 2. The number of rotatable bonds is 9. The highest BCUT2D eigenvalue weighted by molar-refractivity contribution is 7.99. The van der Waals surface area contributed by atoms with Gasteiger partial charge in [0.25, 0.3) is 0 Å². The molecule has 142 valence electrons. The van der Waals surface area contributed by atoms with Crippen LogP contribution in [0.4, 0.5) is 14.9 Å². The molecule has 1 atom stereocenters. The van der Waals surface area contributed by atoms with Crippen LogP contribution < -0.4 is 10.6 Å². The van der Waals surface area contributed by atoms with Crippen molar-refractivity contribution in [1.29, 1.82) is 5.26 Å². The molecule has 0 fully saturated rings. The van der Waals surface area contributed by atoms with Gasteiger partial charge in [0.1, 0.15) is 5.82 Å². The molecule has 0 heterocycles. The van der Waals surface area contributed by atoms with Crippen molar-refractivity contribution in [3.05, 3.63) is 54.3 Å². The van der Waals surface area contributed by atoms with Crippen LogP contribution in [0.2, 0.25) is 0 Å². The Hall–Kier alpha value is -2.17. The second kappa shape index (κ2) is 11.5. The Balaban J connectivity index is 1.71. The third-order valence-corrected chi connectivity index (χ3v) is 5.97. The van der Waals surface area contributed by atoms with Gasteiger partial charge >= 0.3 is 6.03 Å². The van der Waals surface area contributed by atoms with Crippen molar-refractivity contribution in [2.75, 3.05) is 23.4 Å². The number of para-hydroxylation sites is 1. The molecule has 0 aliphatic carbocycles. The minimum absolute atomic E-state index is 0.0458. The van der Waals surface area contributed by atoms with E-state index in [4.69, 9.17) is 5.26 Å². The van der Waals surface area contributed by atoms with Crippen LogP contribution in [-0.2, 0) is 0 Å². The monoisotopic (exact) mass is 403 g/mol. The molecule has 0 radical (unpaired) electrons. The second-order valence-electron chi connectivity index (χ2n) is 5.87. The summed E-state index contributed by atoms with van der Waals surface area (Å²) >= 11 is 3.19. The molecule has 2 N–H and O–H groups in total. The van der Waals surface area contributed by atoms with Gasteiger partial charge in [-0.3, -0.25) is 0 Å². The van der Waals surface area contributed by atoms with Crippen LogP contribution >= 0.6 is 23.5 Å². The van der Waals surface area contributed by atoms with E-state index in [0.29, 0.717) is 12.3 Å². The largest absolute Gasteiger partial charge is 0.338 e. The number of thioether (sulfide) groups is 2. The van der Waals surface area contributed by atoms with Gasteiger partial charge in [0.2, 0.25) is 0 Å². The number of halogens is 1. The zero-order valence-corrected chi connectivity index (χ0v) is 16.7. The van der Waals surface area contributed by atoms with Crippen LogP contribution in [0.3, 0.4) is 0 Å². The maximum absolute atomic E-state index is 12.9. The predicted octanol–water partition coefficient (Wildman–Crippen LogP) is 5.38. The zero-order chi connectivity index (χ0) is 19.5. The molecule has 0 saturated heterocycles. The molecular weight excluding hydrogens is 381 g/mol. The Bertz CT molecular complexity index is 778. The molecule has 0 aliphatic rings. The standard InChI is InChI=1S/C20H22FN3OS2/c1-15(13-22)14-27-19-6-3-2-5-18(19)24-20(25)23-11-4-12-26-17-9-7-16(21)8-10-17/h2-3,5-10,15H,4,11-12,14H2,1H3,(H2,23,24,25). The second-order valence-corrected chi connectivity index (χ2v) is 8.10. The Kier molecular flexibility index (Phi) is 9.02. The number of anilines is 1. The summed E-state index contributed by atoms with van der Waals surface area (Å²) in [5, 5.41) is 14.6. The van der Waals surface area contributed by atoms with E-state index in [1.807, 2.05) is 31.2 Å². The van der Waals surface area contributed by atoms with Crippen molar-refractivity contribution >= 4 is 35.2 Å². The van der Waals surface area contributed by atoms with Crippen molar-refractivity contribution in [3.8, 4) is 6.07 Å². The topological polar surface area (TPSA) is 64.9 Å². The first-order valence-electron chi connectivity index (χ1n) is 8.63. The number of carbonyl (C=O) groups excluding carboxylic acids is 1. The van der Waals surface area contributed by atoms with Gasteiger partial charge in [-0.25, -0.2) is 9.18 Å². The maximum atomic E-state index is 12.9. The third-order valence-electron chi connectivity index (χ3n) is 3.53. The van der Waals surface area contributed by atoms with E-state index in [0.717, 1.165) is 27.7 Å². The number of amides is 2. The fraction of sp³-hybridized carbons (Fsp3) is 0.300. The van der Waals surface area contributed by atoms with Gasteiger partial charge in [0, 0.05) is 22.1 Å². The number of nitrogens with one attached hydrogen (secondary N) is 2. The van der Waals surface area contributed by atoms with Crippen LogP contribution in [0.5, 0.6) is 0 Å². The number of hydrogen-bond acceptors (Lipinski definition) is 4. The van der Waals surface area contributed by atoms with Crippen LogP contribution in [0.15, 0.2) is 58.3 Å². The van der Waals surface area contributed by atoms with Crippen LogP contribution in [0.1, 0.15) is 13.3 Å².